The average molecular weight is 311 g/mol. The van der Waals surface area contributed by atoms with Gasteiger partial charge in [0.2, 0.25) is 0 Å². The van der Waals surface area contributed by atoms with Crippen LogP contribution >= 0.6 is 15.9 Å². The number of halogens is 1. The fourth-order valence-electron chi connectivity index (χ4n) is 1.61. The standard InChI is InChI=1S/C12H11BrN2O3/c1-18-11-3-2-9(13)6-8(11)7-15-5-4-10(14-15)12(16)17/h2-6H,7H2,1H3,(H,16,17). The number of rotatable bonds is 4. The molecular formula is C12H11BrN2O3. The molecule has 18 heavy (non-hydrogen) atoms. The lowest BCUT2D eigenvalue weighted by atomic mass is 10.2. The Morgan fingerprint density at radius 1 is 1.50 bits per heavy atom. The smallest absolute Gasteiger partial charge is 0.356 e. The van der Waals surface area contributed by atoms with E-state index in [0.717, 1.165) is 15.8 Å². The van der Waals surface area contributed by atoms with Gasteiger partial charge in [0.05, 0.1) is 13.7 Å². The summed E-state index contributed by atoms with van der Waals surface area (Å²) in [6.07, 6.45) is 1.63. The first-order valence-corrected chi connectivity index (χ1v) is 5.98. The molecule has 0 aliphatic heterocycles. The van der Waals surface area contributed by atoms with Gasteiger partial charge in [-0.2, -0.15) is 5.10 Å². The number of aromatic carboxylic acids is 1. The molecule has 6 heteroatoms. The van der Waals surface area contributed by atoms with Gasteiger partial charge < -0.3 is 9.84 Å². The predicted octanol–water partition coefficient (Wildman–Crippen LogP) is 2.40. The molecule has 5 nitrogen and oxygen atoms in total. The quantitative estimate of drug-likeness (QED) is 0.942. The van der Waals surface area contributed by atoms with E-state index in [2.05, 4.69) is 21.0 Å². The van der Waals surface area contributed by atoms with Crippen LogP contribution in [0.2, 0.25) is 0 Å². The third-order valence-electron chi connectivity index (χ3n) is 2.43. The number of carboxylic acids is 1. The van der Waals surface area contributed by atoms with E-state index in [1.165, 1.54) is 6.07 Å². The number of hydrogen-bond donors (Lipinski definition) is 1. The van der Waals surface area contributed by atoms with Gasteiger partial charge in [0, 0.05) is 16.2 Å². The summed E-state index contributed by atoms with van der Waals surface area (Å²) in [7, 11) is 1.60. The molecule has 94 valence electrons. The lowest BCUT2D eigenvalue weighted by Crippen LogP contribution is -2.05. The molecule has 1 aromatic carbocycles. The zero-order chi connectivity index (χ0) is 13.1. The molecule has 0 fully saturated rings. The summed E-state index contributed by atoms with van der Waals surface area (Å²) in [5, 5.41) is 12.8. The maximum absolute atomic E-state index is 10.7. The summed E-state index contributed by atoms with van der Waals surface area (Å²) < 4.78 is 7.75. The molecule has 0 bridgehead atoms. The van der Waals surface area contributed by atoms with Crippen LogP contribution in [0.3, 0.4) is 0 Å². The van der Waals surface area contributed by atoms with Crippen LogP contribution < -0.4 is 4.74 Å². The number of aromatic nitrogens is 2. The molecule has 0 unspecified atom stereocenters. The zero-order valence-corrected chi connectivity index (χ0v) is 11.2. The molecule has 0 saturated heterocycles. The van der Waals surface area contributed by atoms with Crippen LogP contribution in [0.15, 0.2) is 34.9 Å². The van der Waals surface area contributed by atoms with Gasteiger partial charge in [-0.1, -0.05) is 15.9 Å². The van der Waals surface area contributed by atoms with Crippen molar-refractivity contribution in [2.24, 2.45) is 0 Å². The van der Waals surface area contributed by atoms with Crippen molar-refractivity contribution < 1.29 is 14.6 Å². The highest BCUT2D eigenvalue weighted by Crippen LogP contribution is 2.23. The minimum atomic E-state index is -1.03. The summed E-state index contributed by atoms with van der Waals surface area (Å²) in [6, 6.07) is 7.11. The molecule has 0 aliphatic rings. The van der Waals surface area contributed by atoms with E-state index in [-0.39, 0.29) is 5.69 Å². The Morgan fingerprint density at radius 2 is 2.28 bits per heavy atom. The largest absolute Gasteiger partial charge is 0.496 e. The monoisotopic (exact) mass is 310 g/mol. The molecule has 1 N–H and O–H groups in total. The molecule has 0 spiro atoms. The Morgan fingerprint density at radius 3 is 2.89 bits per heavy atom. The molecule has 0 amide bonds. The summed E-state index contributed by atoms with van der Waals surface area (Å²) in [4.78, 5) is 10.7. The first-order valence-electron chi connectivity index (χ1n) is 5.19. The maximum Gasteiger partial charge on any atom is 0.356 e. The molecule has 0 radical (unpaired) electrons. The van der Waals surface area contributed by atoms with Gasteiger partial charge in [0.15, 0.2) is 5.69 Å². The molecule has 0 saturated carbocycles. The van der Waals surface area contributed by atoms with E-state index in [4.69, 9.17) is 9.84 Å². The van der Waals surface area contributed by atoms with E-state index >= 15 is 0 Å². The van der Waals surface area contributed by atoms with E-state index in [1.54, 1.807) is 18.0 Å². The lowest BCUT2D eigenvalue weighted by Gasteiger charge is -2.09. The number of methoxy groups -OCH3 is 1. The summed E-state index contributed by atoms with van der Waals surface area (Å²) in [5.41, 5.74) is 0.955. The Labute approximate surface area is 112 Å². The van der Waals surface area contributed by atoms with Gasteiger partial charge in [-0.25, -0.2) is 4.79 Å². The van der Waals surface area contributed by atoms with E-state index < -0.39 is 5.97 Å². The minimum absolute atomic E-state index is 0.0314. The minimum Gasteiger partial charge on any atom is -0.496 e. The maximum atomic E-state index is 10.7. The first kappa shape index (κ1) is 12.6. The van der Waals surface area contributed by atoms with Crippen LogP contribution in [0.4, 0.5) is 0 Å². The van der Waals surface area contributed by atoms with Gasteiger partial charge in [0.25, 0.3) is 0 Å². The van der Waals surface area contributed by atoms with Crippen molar-refractivity contribution in [3.05, 3.63) is 46.2 Å². The Hall–Kier alpha value is -1.82. The second-order valence-electron chi connectivity index (χ2n) is 3.66. The number of ether oxygens (including phenoxy) is 1. The van der Waals surface area contributed by atoms with Crippen molar-refractivity contribution in [3.8, 4) is 5.75 Å². The van der Waals surface area contributed by atoms with Gasteiger partial charge in [-0.05, 0) is 24.3 Å². The second-order valence-corrected chi connectivity index (χ2v) is 4.58. The Bertz CT molecular complexity index is 580. The van der Waals surface area contributed by atoms with Crippen molar-refractivity contribution >= 4 is 21.9 Å². The van der Waals surface area contributed by atoms with Crippen molar-refractivity contribution in [2.75, 3.05) is 7.11 Å². The number of nitrogens with zero attached hydrogens (tertiary/aromatic N) is 2. The lowest BCUT2D eigenvalue weighted by molar-refractivity contribution is 0.0689. The zero-order valence-electron chi connectivity index (χ0n) is 9.63. The van der Waals surface area contributed by atoms with Crippen LogP contribution in [-0.4, -0.2) is 28.0 Å². The molecule has 2 rings (SSSR count). The summed E-state index contributed by atoms with van der Waals surface area (Å²) in [5.74, 6) is -0.291. The third-order valence-corrected chi connectivity index (χ3v) is 2.93. The number of carboxylic acid groups (broad SMARTS) is 1. The third kappa shape index (κ3) is 2.70. The summed E-state index contributed by atoms with van der Waals surface area (Å²) >= 11 is 3.39. The van der Waals surface area contributed by atoms with Gasteiger partial charge in [-0.3, -0.25) is 4.68 Å². The molecule has 1 heterocycles. The summed E-state index contributed by atoms with van der Waals surface area (Å²) in [6.45, 7) is 0.454. The van der Waals surface area contributed by atoms with Gasteiger partial charge in [0.1, 0.15) is 5.75 Å². The predicted molar refractivity (Wildman–Crippen MR) is 69.0 cm³/mol. The second kappa shape index (κ2) is 5.22. The topological polar surface area (TPSA) is 64.3 Å². The highest BCUT2D eigenvalue weighted by molar-refractivity contribution is 9.10. The van der Waals surface area contributed by atoms with E-state index in [0.29, 0.717) is 6.54 Å². The highest BCUT2D eigenvalue weighted by Gasteiger charge is 2.09. The fraction of sp³-hybridized carbons (Fsp3) is 0.167. The van der Waals surface area contributed by atoms with E-state index in [1.807, 2.05) is 18.2 Å². The van der Waals surface area contributed by atoms with Crippen LogP contribution in [0.25, 0.3) is 0 Å². The van der Waals surface area contributed by atoms with Crippen molar-refractivity contribution in [1.29, 1.82) is 0 Å². The number of benzene rings is 1. The normalized spacial score (nSPS) is 10.3. The molecule has 1 aromatic heterocycles. The SMILES string of the molecule is COc1ccc(Br)cc1Cn1ccc(C(=O)O)n1. The number of hydrogen-bond acceptors (Lipinski definition) is 3. The average Bonchev–Trinajstić information content (AvgIpc) is 2.78. The van der Waals surface area contributed by atoms with E-state index in [9.17, 15) is 4.79 Å². The van der Waals surface area contributed by atoms with Crippen LogP contribution in [0, 0.1) is 0 Å². The molecule has 0 atom stereocenters. The van der Waals surface area contributed by atoms with Gasteiger partial charge in [-0.15, -0.1) is 0 Å². The van der Waals surface area contributed by atoms with Gasteiger partial charge >= 0.3 is 5.97 Å². The molecule has 0 aliphatic carbocycles. The van der Waals surface area contributed by atoms with Crippen LogP contribution in [-0.2, 0) is 6.54 Å². The van der Waals surface area contributed by atoms with Crippen LogP contribution in [0.1, 0.15) is 16.1 Å². The Kier molecular flexibility index (Phi) is 3.66. The molecule has 2 aromatic rings. The van der Waals surface area contributed by atoms with Crippen molar-refractivity contribution in [1.82, 2.24) is 9.78 Å². The van der Waals surface area contributed by atoms with Crippen molar-refractivity contribution in [2.45, 2.75) is 6.54 Å². The fourth-order valence-corrected chi connectivity index (χ4v) is 2.02. The number of carbonyl (C=O) groups is 1. The Balaban J connectivity index is 2.27. The van der Waals surface area contributed by atoms with Crippen molar-refractivity contribution in [3.63, 3.8) is 0 Å². The molecular weight excluding hydrogens is 300 g/mol. The highest BCUT2D eigenvalue weighted by atomic mass is 79.9. The first-order chi connectivity index (χ1) is 8.60. The van der Waals surface area contributed by atoms with Crippen LogP contribution in [0.5, 0.6) is 5.75 Å².